The Morgan fingerprint density at radius 1 is 1.19 bits per heavy atom. The number of nitrogens with two attached hydrogens (primary N) is 1. The van der Waals surface area contributed by atoms with Gasteiger partial charge in [-0.15, -0.1) is 0 Å². The number of aryl methyl sites for hydroxylation is 3. The summed E-state index contributed by atoms with van der Waals surface area (Å²) in [6, 6.07) is 8.76. The molecule has 0 amide bonds. The highest BCUT2D eigenvalue weighted by molar-refractivity contribution is 6.31. The van der Waals surface area contributed by atoms with Crippen molar-refractivity contribution < 1.29 is 4.39 Å². The predicted octanol–water partition coefficient (Wildman–Crippen LogP) is 4.15. The van der Waals surface area contributed by atoms with Gasteiger partial charge in [-0.3, -0.25) is 11.3 Å². The first-order chi connectivity index (χ1) is 9.93. The van der Waals surface area contributed by atoms with E-state index in [1.165, 1.54) is 11.6 Å². The topological polar surface area (TPSA) is 38.0 Å². The van der Waals surface area contributed by atoms with Gasteiger partial charge in [-0.05, 0) is 56.0 Å². The molecule has 2 aromatic carbocycles. The van der Waals surface area contributed by atoms with Gasteiger partial charge in [-0.25, -0.2) is 4.39 Å². The molecule has 1 unspecified atom stereocenters. The van der Waals surface area contributed by atoms with Crippen LogP contribution in [0.2, 0.25) is 5.02 Å². The zero-order valence-corrected chi connectivity index (χ0v) is 13.3. The fourth-order valence-electron chi connectivity index (χ4n) is 2.92. The lowest BCUT2D eigenvalue weighted by molar-refractivity contribution is 0.525. The SMILES string of the molecule is Cc1cc(C)c(C(Cc2c(F)cccc2Cl)NN)c(C)c1. The van der Waals surface area contributed by atoms with Crippen molar-refractivity contribution in [3.63, 3.8) is 0 Å². The van der Waals surface area contributed by atoms with Crippen LogP contribution in [0.25, 0.3) is 0 Å². The Hall–Kier alpha value is -1.42. The number of halogens is 2. The highest BCUT2D eigenvalue weighted by Crippen LogP contribution is 2.29. The Labute approximate surface area is 130 Å². The average Bonchev–Trinajstić information content (AvgIpc) is 2.39. The summed E-state index contributed by atoms with van der Waals surface area (Å²) in [5, 5.41) is 0.428. The van der Waals surface area contributed by atoms with E-state index >= 15 is 0 Å². The van der Waals surface area contributed by atoms with Crippen molar-refractivity contribution in [3.8, 4) is 0 Å². The Balaban J connectivity index is 2.42. The van der Waals surface area contributed by atoms with Crippen LogP contribution in [0.3, 0.4) is 0 Å². The first-order valence-corrected chi connectivity index (χ1v) is 7.28. The monoisotopic (exact) mass is 306 g/mol. The van der Waals surface area contributed by atoms with Gasteiger partial charge in [-0.1, -0.05) is 35.4 Å². The Morgan fingerprint density at radius 3 is 2.33 bits per heavy atom. The first-order valence-electron chi connectivity index (χ1n) is 6.90. The molecule has 0 radical (unpaired) electrons. The predicted molar refractivity (Wildman–Crippen MR) is 85.8 cm³/mol. The second kappa shape index (κ2) is 6.56. The van der Waals surface area contributed by atoms with Gasteiger partial charge in [0.05, 0.1) is 6.04 Å². The van der Waals surface area contributed by atoms with Crippen LogP contribution in [0.15, 0.2) is 30.3 Å². The summed E-state index contributed by atoms with van der Waals surface area (Å²) >= 11 is 6.11. The van der Waals surface area contributed by atoms with E-state index < -0.39 is 0 Å². The van der Waals surface area contributed by atoms with Crippen molar-refractivity contribution in [3.05, 3.63) is 69.0 Å². The molecule has 0 aromatic heterocycles. The molecule has 0 spiro atoms. The molecular weight excluding hydrogens is 287 g/mol. The first kappa shape index (κ1) is 16.0. The third-order valence-electron chi connectivity index (χ3n) is 3.76. The van der Waals surface area contributed by atoms with Crippen molar-refractivity contribution in [1.82, 2.24) is 5.43 Å². The Morgan fingerprint density at radius 2 is 1.81 bits per heavy atom. The van der Waals surface area contributed by atoms with Crippen molar-refractivity contribution in [2.75, 3.05) is 0 Å². The molecule has 0 aliphatic heterocycles. The molecule has 21 heavy (non-hydrogen) atoms. The van der Waals surface area contributed by atoms with E-state index in [0.29, 0.717) is 17.0 Å². The number of hydrogen-bond acceptors (Lipinski definition) is 2. The summed E-state index contributed by atoms with van der Waals surface area (Å²) in [5.74, 6) is 5.41. The van der Waals surface area contributed by atoms with Crippen LogP contribution in [-0.2, 0) is 6.42 Å². The van der Waals surface area contributed by atoms with E-state index in [1.54, 1.807) is 12.1 Å². The number of benzene rings is 2. The molecule has 0 saturated carbocycles. The normalized spacial score (nSPS) is 12.5. The minimum Gasteiger partial charge on any atom is -0.271 e. The number of rotatable bonds is 4. The molecule has 0 heterocycles. The van der Waals surface area contributed by atoms with Gasteiger partial charge in [-0.2, -0.15) is 0 Å². The van der Waals surface area contributed by atoms with Crippen LogP contribution in [0.1, 0.15) is 33.9 Å². The summed E-state index contributed by atoms with van der Waals surface area (Å²) in [7, 11) is 0. The zero-order valence-electron chi connectivity index (χ0n) is 12.5. The average molecular weight is 307 g/mol. The summed E-state index contributed by atoms with van der Waals surface area (Å²) in [6.07, 6.45) is 0.409. The summed E-state index contributed by atoms with van der Waals surface area (Å²) in [4.78, 5) is 0. The number of hydrogen-bond donors (Lipinski definition) is 2. The highest BCUT2D eigenvalue weighted by atomic mass is 35.5. The van der Waals surface area contributed by atoms with Gasteiger partial charge in [0.15, 0.2) is 0 Å². The molecule has 4 heteroatoms. The van der Waals surface area contributed by atoms with Gasteiger partial charge in [0.25, 0.3) is 0 Å². The van der Waals surface area contributed by atoms with Gasteiger partial charge in [0, 0.05) is 10.6 Å². The van der Waals surface area contributed by atoms with E-state index in [9.17, 15) is 4.39 Å². The zero-order chi connectivity index (χ0) is 15.6. The fourth-order valence-corrected chi connectivity index (χ4v) is 3.16. The van der Waals surface area contributed by atoms with Crippen molar-refractivity contribution in [2.24, 2.45) is 5.84 Å². The van der Waals surface area contributed by atoms with Gasteiger partial charge in [0.2, 0.25) is 0 Å². The third-order valence-corrected chi connectivity index (χ3v) is 4.11. The smallest absolute Gasteiger partial charge is 0.127 e. The second-order valence-corrected chi connectivity index (χ2v) is 5.84. The lowest BCUT2D eigenvalue weighted by atomic mass is 9.90. The molecular formula is C17H20ClFN2. The van der Waals surface area contributed by atoms with Gasteiger partial charge >= 0.3 is 0 Å². The second-order valence-electron chi connectivity index (χ2n) is 5.44. The Kier molecular flexibility index (Phi) is 4.99. The van der Waals surface area contributed by atoms with E-state index in [-0.39, 0.29) is 11.9 Å². The Bertz CT molecular complexity index is 612. The highest BCUT2D eigenvalue weighted by Gasteiger charge is 2.19. The maximum atomic E-state index is 14.0. The maximum absolute atomic E-state index is 14.0. The summed E-state index contributed by atoms with van der Waals surface area (Å²) in [5.41, 5.74) is 7.87. The standard InChI is InChI=1S/C17H20ClFN2/c1-10-7-11(2)17(12(3)8-10)16(21-20)9-13-14(18)5-4-6-15(13)19/h4-8,16,21H,9,20H2,1-3H3. The van der Waals surface area contributed by atoms with E-state index in [2.05, 4.69) is 24.5 Å². The molecule has 1 atom stereocenters. The molecule has 0 aliphatic rings. The molecule has 0 saturated heterocycles. The minimum atomic E-state index is -0.301. The molecule has 2 rings (SSSR count). The molecule has 0 bridgehead atoms. The number of nitrogens with one attached hydrogen (secondary N) is 1. The number of hydrazine groups is 1. The lowest BCUT2D eigenvalue weighted by Crippen LogP contribution is -2.31. The molecule has 3 N–H and O–H groups in total. The molecule has 2 aromatic rings. The van der Waals surface area contributed by atoms with Crippen molar-refractivity contribution in [1.29, 1.82) is 0 Å². The maximum Gasteiger partial charge on any atom is 0.127 e. The van der Waals surface area contributed by atoms with Crippen LogP contribution >= 0.6 is 11.6 Å². The van der Waals surface area contributed by atoms with Gasteiger partial charge in [0.1, 0.15) is 5.82 Å². The van der Waals surface area contributed by atoms with Crippen LogP contribution in [0, 0.1) is 26.6 Å². The van der Waals surface area contributed by atoms with Crippen LogP contribution in [0.4, 0.5) is 4.39 Å². The molecule has 2 nitrogen and oxygen atoms in total. The molecule has 0 aliphatic carbocycles. The van der Waals surface area contributed by atoms with Crippen LogP contribution in [-0.4, -0.2) is 0 Å². The molecule has 112 valence electrons. The lowest BCUT2D eigenvalue weighted by Gasteiger charge is -2.22. The quantitative estimate of drug-likeness (QED) is 0.658. The van der Waals surface area contributed by atoms with E-state index in [0.717, 1.165) is 16.7 Å². The van der Waals surface area contributed by atoms with Crippen LogP contribution in [0.5, 0.6) is 0 Å². The van der Waals surface area contributed by atoms with Crippen molar-refractivity contribution >= 4 is 11.6 Å². The van der Waals surface area contributed by atoms with E-state index in [4.69, 9.17) is 17.4 Å². The summed E-state index contributed by atoms with van der Waals surface area (Å²) < 4.78 is 14.0. The van der Waals surface area contributed by atoms with Crippen molar-refractivity contribution in [2.45, 2.75) is 33.2 Å². The minimum absolute atomic E-state index is 0.181. The van der Waals surface area contributed by atoms with Crippen LogP contribution < -0.4 is 11.3 Å². The fraction of sp³-hybridized carbons (Fsp3) is 0.294. The van der Waals surface area contributed by atoms with Gasteiger partial charge < -0.3 is 0 Å². The third kappa shape index (κ3) is 3.43. The molecule has 0 fully saturated rings. The summed E-state index contributed by atoms with van der Waals surface area (Å²) in [6.45, 7) is 6.15. The van der Waals surface area contributed by atoms with E-state index in [1.807, 2.05) is 13.8 Å². The largest absolute Gasteiger partial charge is 0.271 e.